The minimum Gasteiger partial charge on any atom is -0.392 e. The van der Waals surface area contributed by atoms with Crippen molar-refractivity contribution in [3.05, 3.63) is 69.7 Å². The van der Waals surface area contributed by atoms with Crippen LogP contribution in [0.3, 0.4) is 0 Å². The number of hydrogen-bond acceptors (Lipinski definition) is 1. The molecule has 0 aliphatic rings. The maximum atomic E-state index is 13.8. The van der Waals surface area contributed by atoms with E-state index in [-0.39, 0.29) is 16.5 Å². The predicted octanol–water partition coefficient (Wildman–Crippen LogP) is 3.87. The summed E-state index contributed by atoms with van der Waals surface area (Å²) in [7, 11) is 0. The Labute approximate surface area is 119 Å². The Morgan fingerprint density at radius 1 is 1.00 bits per heavy atom. The van der Waals surface area contributed by atoms with Crippen molar-refractivity contribution in [2.24, 2.45) is 0 Å². The number of hydrogen-bond donors (Lipinski definition) is 1. The average molecular weight is 327 g/mol. The number of halogens is 3. The normalized spacial score (nSPS) is 12.4. The summed E-state index contributed by atoms with van der Waals surface area (Å²) in [4.78, 5) is 0. The highest BCUT2D eigenvalue weighted by atomic mass is 79.9. The standard InChI is InChI=1S/C15H13BrF2O/c16-13-6-7-14(17)12(15(13)18)9-11(19)8-10-4-2-1-3-5-10/h1-7,11,19H,8-9H2. The fourth-order valence-corrected chi connectivity index (χ4v) is 2.32. The molecular formula is C15H13BrF2O. The highest BCUT2D eigenvalue weighted by Crippen LogP contribution is 2.23. The quantitative estimate of drug-likeness (QED) is 0.845. The number of aliphatic hydroxyl groups excluding tert-OH is 1. The number of aliphatic hydroxyl groups is 1. The molecule has 19 heavy (non-hydrogen) atoms. The van der Waals surface area contributed by atoms with E-state index in [2.05, 4.69) is 15.9 Å². The van der Waals surface area contributed by atoms with Crippen LogP contribution in [0.5, 0.6) is 0 Å². The SMILES string of the molecule is OC(Cc1ccccc1)Cc1c(F)ccc(Br)c1F. The van der Waals surface area contributed by atoms with Crippen molar-refractivity contribution in [3.8, 4) is 0 Å². The van der Waals surface area contributed by atoms with Crippen LogP contribution in [0.4, 0.5) is 8.78 Å². The molecule has 1 nitrogen and oxygen atoms in total. The Balaban J connectivity index is 2.11. The molecule has 0 saturated carbocycles. The molecule has 0 aliphatic heterocycles. The van der Waals surface area contributed by atoms with Crippen molar-refractivity contribution in [1.82, 2.24) is 0 Å². The van der Waals surface area contributed by atoms with Crippen LogP contribution in [0.1, 0.15) is 11.1 Å². The predicted molar refractivity (Wildman–Crippen MR) is 73.9 cm³/mol. The van der Waals surface area contributed by atoms with Crippen LogP contribution < -0.4 is 0 Å². The van der Waals surface area contributed by atoms with Gasteiger partial charge in [-0.1, -0.05) is 30.3 Å². The second kappa shape index (κ2) is 6.26. The maximum absolute atomic E-state index is 13.8. The zero-order valence-corrected chi connectivity index (χ0v) is 11.7. The van der Waals surface area contributed by atoms with Crippen LogP contribution in [0.25, 0.3) is 0 Å². The van der Waals surface area contributed by atoms with Crippen LogP contribution in [0, 0.1) is 11.6 Å². The molecule has 2 aromatic carbocycles. The van der Waals surface area contributed by atoms with Crippen molar-refractivity contribution < 1.29 is 13.9 Å². The molecule has 0 bridgehead atoms. The first-order chi connectivity index (χ1) is 9.08. The van der Waals surface area contributed by atoms with Crippen LogP contribution in [0.2, 0.25) is 0 Å². The second-order valence-electron chi connectivity index (χ2n) is 4.37. The van der Waals surface area contributed by atoms with Crippen LogP contribution in [0.15, 0.2) is 46.9 Å². The van der Waals surface area contributed by atoms with E-state index in [0.29, 0.717) is 6.42 Å². The summed E-state index contributed by atoms with van der Waals surface area (Å²) < 4.78 is 27.5. The Kier molecular flexibility index (Phi) is 4.66. The fraction of sp³-hybridized carbons (Fsp3) is 0.200. The maximum Gasteiger partial charge on any atom is 0.143 e. The van der Waals surface area contributed by atoms with Crippen molar-refractivity contribution >= 4 is 15.9 Å². The van der Waals surface area contributed by atoms with Gasteiger partial charge in [0.2, 0.25) is 0 Å². The molecule has 0 aliphatic carbocycles. The van der Waals surface area contributed by atoms with E-state index in [9.17, 15) is 13.9 Å². The monoisotopic (exact) mass is 326 g/mol. The fourth-order valence-electron chi connectivity index (χ4n) is 1.95. The molecule has 100 valence electrons. The molecular weight excluding hydrogens is 314 g/mol. The van der Waals surface area contributed by atoms with Gasteiger partial charge < -0.3 is 5.11 Å². The van der Waals surface area contributed by atoms with Gasteiger partial charge in [-0.05, 0) is 40.0 Å². The van der Waals surface area contributed by atoms with Gasteiger partial charge in [0, 0.05) is 12.0 Å². The molecule has 0 radical (unpaired) electrons. The zero-order chi connectivity index (χ0) is 13.8. The number of rotatable bonds is 4. The lowest BCUT2D eigenvalue weighted by Gasteiger charge is -2.12. The van der Waals surface area contributed by atoms with Crippen molar-refractivity contribution in [2.75, 3.05) is 0 Å². The summed E-state index contributed by atoms with van der Waals surface area (Å²) in [5, 5.41) is 9.95. The molecule has 0 fully saturated rings. The minimum absolute atomic E-state index is 0.0496. The average Bonchev–Trinajstić information content (AvgIpc) is 2.40. The highest BCUT2D eigenvalue weighted by Gasteiger charge is 2.16. The van der Waals surface area contributed by atoms with Gasteiger partial charge in [0.15, 0.2) is 0 Å². The minimum atomic E-state index is -0.819. The molecule has 2 rings (SSSR count). The first-order valence-corrected chi connectivity index (χ1v) is 6.71. The van der Waals surface area contributed by atoms with E-state index in [4.69, 9.17) is 0 Å². The summed E-state index contributed by atoms with van der Waals surface area (Å²) in [6.07, 6.45) is -0.501. The van der Waals surface area contributed by atoms with E-state index < -0.39 is 17.7 Å². The lowest BCUT2D eigenvalue weighted by molar-refractivity contribution is 0.172. The van der Waals surface area contributed by atoms with Gasteiger partial charge in [-0.25, -0.2) is 8.78 Å². The Bertz CT molecular complexity index is 558. The summed E-state index contributed by atoms with van der Waals surface area (Å²) >= 11 is 3.01. The van der Waals surface area contributed by atoms with Gasteiger partial charge in [-0.2, -0.15) is 0 Å². The van der Waals surface area contributed by atoms with Gasteiger partial charge in [0.25, 0.3) is 0 Å². The van der Waals surface area contributed by atoms with Crippen LogP contribution in [-0.4, -0.2) is 11.2 Å². The van der Waals surface area contributed by atoms with E-state index in [1.165, 1.54) is 12.1 Å². The number of benzene rings is 2. The topological polar surface area (TPSA) is 20.2 Å². The lowest BCUT2D eigenvalue weighted by Crippen LogP contribution is -2.16. The van der Waals surface area contributed by atoms with E-state index in [1.54, 1.807) is 0 Å². The van der Waals surface area contributed by atoms with Crippen LogP contribution >= 0.6 is 15.9 Å². The van der Waals surface area contributed by atoms with Crippen molar-refractivity contribution in [1.29, 1.82) is 0 Å². The molecule has 4 heteroatoms. The van der Waals surface area contributed by atoms with Gasteiger partial charge >= 0.3 is 0 Å². The molecule has 1 unspecified atom stereocenters. The highest BCUT2D eigenvalue weighted by molar-refractivity contribution is 9.10. The van der Waals surface area contributed by atoms with E-state index in [1.807, 2.05) is 30.3 Å². The van der Waals surface area contributed by atoms with E-state index >= 15 is 0 Å². The first kappa shape index (κ1) is 14.2. The van der Waals surface area contributed by atoms with Crippen molar-refractivity contribution in [2.45, 2.75) is 18.9 Å². The molecule has 0 saturated heterocycles. The van der Waals surface area contributed by atoms with Gasteiger partial charge in [-0.15, -0.1) is 0 Å². The Morgan fingerprint density at radius 3 is 2.37 bits per heavy atom. The third-order valence-corrected chi connectivity index (χ3v) is 3.51. The third kappa shape index (κ3) is 3.61. The molecule has 2 aromatic rings. The first-order valence-electron chi connectivity index (χ1n) is 5.92. The smallest absolute Gasteiger partial charge is 0.143 e. The second-order valence-corrected chi connectivity index (χ2v) is 5.22. The van der Waals surface area contributed by atoms with Crippen LogP contribution in [-0.2, 0) is 12.8 Å². The molecule has 1 N–H and O–H groups in total. The Hall–Kier alpha value is -1.26. The molecule has 1 atom stereocenters. The molecule has 0 heterocycles. The van der Waals surface area contributed by atoms with Gasteiger partial charge in [0.05, 0.1) is 10.6 Å². The summed E-state index contributed by atoms with van der Waals surface area (Å²) in [6, 6.07) is 11.9. The molecule has 0 spiro atoms. The largest absolute Gasteiger partial charge is 0.392 e. The van der Waals surface area contributed by atoms with Gasteiger partial charge in [-0.3, -0.25) is 0 Å². The van der Waals surface area contributed by atoms with Crippen molar-refractivity contribution in [3.63, 3.8) is 0 Å². The Morgan fingerprint density at radius 2 is 1.68 bits per heavy atom. The van der Waals surface area contributed by atoms with Gasteiger partial charge in [0.1, 0.15) is 11.6 Å². The third-order valence-electron chi connectivity index (χ3n) is 2.89. The summed E-state index contributed by atoms with van der Waals surface area (Å²) in [6.45, 7) is 0. The molecule has 0 amide bonds. The summed E-state index contributed by atoms with van der Waals surface area (Å²) in [5.74, 6) is -1.28. The summed E-state index contributed by atoms with van der Waals surface area (Å²) in [5.41, 5.74) is 0.851. The lowest BCUT2D eigenvalue weighted by atomic mass is 10.0. The molecule has 0 aromatic heterocycles. The zero-order valence-electron chi connectivity index (χ0n) is 10.1. The van der Waals surface area contributed by atoms with E-state index in [0.717, 1.165) is 5.56 Å².